The van der Waals surface area contributed by atoms with Gasteiger partial charge >= 0.3 is 24.4 Å². The second-order valence-corrected chi connectivity index (χ2v) is 11.6. The van der Waals surface area contributed by atoms with E-state index < -0.39 is 60.0 Å². The van der Waals surface area contributed by atoms with Crippen molar-refractivity contribution in [3.63, 3.8) is 0 Å². The number of nitrogens with one attached hydrogen (secondary N) is 1. The first-order valence-corrected chi connectivity index (χ1v) is 15.0. The van der Waals surface area contributed by atoms with E-state index in [1.54, 1.807) is 11.0 Å². The summed E-state index contributed by atoms with van der Waals surface area (Å²) in [7, 11) is 1.40. The van der Waals surface area contributed by atoms with Gasteiger partial charge in [-0.1, -0.05) is 6.92 Å². The van der Waals surface area contributed by atoms with Gasteiger partial charge in [0.15, 0.2) is 0 Å². The Morgan fingerprint density at radius 3 is 2.17 bits per heavy atom. The zero-order chi connectivity index (χ0) is 35.0. The van der Waals surface area contributed by atoms with Crippen LogP contribution >= 0.6 is 0 Å². The molecule has 0 bridgehead atoms. The molecule has 2 aromatic heterocycles. The third-order valence-corrected chi connectivity index (χ3v) is 8.58. The number of aliphatic carboxylic acids is 1. The van der Waals surface area contributed by atoms with Crippen molar-refractivity contribution in [3.8, 4) is 5.88 Å². The van der Waals surface area contributed by atoms with Gasteiger partial charge in [-0.3, -0.25) is 9.69 Å². The van der Waals surface area contributed by atoms with Crippen LogP contribution in [-0.4, -0.2) is 63.5 Å². The molecule has 11 nitrogen and oxygen atoms in total. The van der Waals surface area contributed by atoms with Crippen molar-refractivity contribution in [2.45, 2.75) is 63.5 Å². The quantitative estimate of drug-likeness (QED) is 0.222. The lowest BCUT2D eigenvalue weighted by atomic mass is 9.93. The van der Waals surface area contributed by atoms with Crippen molar-refractivity contribution in [1.29, 1.82) is 0 Å². The number of hydrogen-bond donors (Lipinski definition) is 3. The number of pyridine rings is 1. The van der Waals surface area contributed by atoms with Crippen LogP contribution < -0.4 is 19.9 Å². The number of piperidine rings is 1. The highest BCUT2D eigenvalue weighted by Crippen LogP contribution is 2.41. The first-order valence-electron chi connectivity index (χ1n) is 15.0. The second kappa shape index (κ2) is 13.4. The highest BCUT2D eigenvalue weighted by molar-refractivity contribution is 5.88. The number of hydrogen-bond acceptors (Lipinski definition) is 8. The molecule has 0 spiro atoms. The fourth-order valence-electron chi connectivity index (χ4n) is 6.16. The Hall–Kier alpha value is -4.83. The van der Waals surface area contributed by atoms with Crippen molar-refractivity contribution in [2.24, 2.45) is 5.92 Å². The van der Waals surface area contributed by atoms with Gasteiger partial charge in [-0.05, 0) is 55.5 Å². The molecule has 1 aromatic carbocycles. The van der Waals surface area contributed by atoms with E-state index in [-0.39, 0.29) is 61.5 Å². The summed E-state index contributed by atoms with van der Waals surface area (Å²) >= 11 is 0. The maximum atomic E-state index is 13.7. The molecule has 3 N–H and O–H groups in total. The summed E-state index contributed by atoms with van der Waals surface area (Å²) in [5.74, 6) is -1.36. The van der Waals surface area contributed by atoms with Gasteiger partial charge in [0.25, 0.3) is 0 Å². The number of anilines is 3. The zero-order valence-corrected chi connectivity index (χ0v) is 25.8. The average Bonchev–Trinajstić information content (AvgIpc) is 3.03. The number of nitrogens with zero attached hydrogens (tertiary/aromatic N) is 5. The van der Waals surface area contributed by atoms with E-state index >= 15 is 0 Å². The van der Waals surface area contributed by atoms with Crippen LogP contribution in [0.5, 0.6) is 5.88 Å². The van der Waals surface area contributed by atoms with Crippen LogP contribution in [0.25, 0.3) is 0 Å². The molecular formula is C31H32F6N6O5. The molecule has 2 aliphatic rings. The molecule has 48 heavy (non-hydrogen) atoms. The number of carboxylic acids is 1. The van der Waals surface area contributed by atoms with Gasteiger partial charge in [0.2, 0.25) is 11.8 Å². The van der Waals surface area contributed by atoms with Crippen molar-refractivity contribution >= 4 is 29.4 Å². The fraction of sp³-hybridized carbons (Fsp3) is 0.452. The second-order valence-electron chi connectivity index (χ2n) is 11.6. The highest BCUT2D eigenvalue weighted by Gasteiger charge is 2.39. The molecule has 0 radical (unpaired) electrons. The third-order valence-electron chi connectivity index (χ3n) is 8.58. The number of rotatable bonds is 8. The van der Waals surface area contributed by atoms with Gasteiger partial charge in [-0.15, -0.1) is 0 Å². The molecule has 2 aliphatic heterocycles. The topological polar surface area (TPSA) is 141 Å². The maximum Gasteiger partial charge on any atom is 0.416 e. The van der Waals surface area contributed by atoms with Crippen molar-refractivity contribution in [2.75, 3.05) is 35.3 Å². The Balaban J connectivity index is 1.56. The van der Waals surface area contributed by atoms with E-state index in [0.717, 1.165) is 0 Å². The minimum Gasteiger partial charge on any atom is -0.481 e. The summed E-state index contributed by atoms with van der Waals surface area (Å²) < 4.78 is 87.3. The fourth-order valence-corrected chi connectivity index (χ4v) is 6.16. The zero-order valence-electron chi connectivity index (χ0n) is 25.8. The first-order chi connectivity index (χ1) is 22.6. The van der Waals surface area contributed by atoms with E-state index in [1.807, 2.05) is 6.92 Å². The van der Waals surface area contributed by atoms with Crippen molar-refractivity contribution in [3.05, 3.63) is 64.6 Å². The lowest BCUT2D eigenvalue weighted by Crippen LogP contribution is -2.45. The number of amides is 1. The monoisotopic (exact) mass is 682 g/mol. The van der Waals surface area contributed by atoms with Crippen LogP contribution in [0.3, 0.4) is 0 Å². The minimum absolute atomic E-state index is 0.0172. The van der Waals surface area contributed by atoms with E-state index in [1.165, 1.54) is 24.3 Å². The smallest absolute Gasteiger partial charge is 0.416 e. The van der Waals surface area contributed by atoms with Gasteiger partial charge in [0, 0.05) is 31.6 Å². The third kappa shape index (κ3) is 7.33. The molecule has 4 heterocycles. The van der Waals surface area contributed by atoms with Crippen molar-refractivity contribution < 1.29 is 50.9 Å². The number of methoxy groups -OCH3 is 1. The summed E-state index contributed by atoms with van der Waals surface area (Å²) in [6, 6.07) is 3.31. The van der Waals surface area contributed by atoms with Gasteiger partial charge in [0.1, 0.15) is 0 Å². The van der Waals surface area contributed by atoms with Crippen molar-refractivity contribution in [1.82, 2.24) is 15.0 Å². The van der Waals surface area contributed by atoms with Crippen LogP contribution in [0.4, 0.5) is 48.5 Å². The molecule has 2 atom stereocenters. The SMILES string of the molecule is CC[C@@H]1C[C@H](Nc2ncc(N3CCC(C(=O)O)CC3)c(Cc3cc(C(F)(F)F)cc(C(F)(F)F)c3)n2)c2nc(OC)ccc2N1C(=O)O. The number of halogens is 6. The number of carbonyl (C=O) groups is 2. The van der Waals surface area contributed by atoms with Gasteiger partial charge in [0.05, 0.1) is 59.2 Å². The van der Waals surface area contributed by atoms with Crippen LogP contribution in [0.1, 0.15) is 66.7 Å². The number of carboxylic acid groups (broad SMARTS) is 2. The maximum absolute atomic E-state index is 13.7. The summed E-state index contributed by atoms with van der Waals surface area (Å²) in [5.41, 5.74) is -2.14. The Bertz CT molecular complexity index is 1650. The summed E-state index contributed by atoms with van der Waals surface area (Å²) in [6.45, 7) is 2.32. The molecule has 3 aromatic rings. The Kier molecular flexibility index (Phi) is 9.60. The molecule has 17 heteroatoms. The molecule has 1 fully saturated rings. The predicted molar refractivity (Wildman–Crippen MR) is 160 cm³/mol. The predicted octanol–water partition coefficient (Wildman–Crippen LogP) is 6.63. The van der Waals surface area contributed by atoms with E-state index in [2.05, 4.69) is 20.3 Å². The highest BCUT2D eigenvalue weighted by atomic mass is 19.4. The van der Waals surface area contributed by atoms with E-state index in [9.17, 15) is 46.1 Å². The van der Waals surface area contributed by atoms with Gasteiger partial charge in [-0.25, -0.2) is 19.7 Å². The molecule has 0 aliphatic carbocycles. The number of aromatic nitrogens is 3. The summed E-state index contributed by atoms with van der Waals surface area (Å²) in [5, 5.41) is 22.5. The molecule has 0 unspecified atom stereocenters. The standard InChI is InChI=1S/C31H32F6N6O5/c1-3-20-14-22(26-23(43(20)29(46)47)4-5-25(41-26)48-2)40-28-38-15-24(42-8-6-17(7-9-42)27(44)45)21(39-28)12-16-10-18(30(32,33)34)13-19(11-16)31(35,36)37/h4-5,10-11,13,15,17,20,22H,3,6-9,12,14H2,1-2H3,(H,44,45)(H,46,47)(H,38,39,40)/t20-,22+/m1/s1. The van der Waals surface area contributed by atoms with Gasteiger partial charge in [-0.2, -0.15) is 26.3 Å². The Morgan fingerprint density at radius 2 is 1.62 bits per heavy atom. The Labute approximate surface area is 270 Å². The molecule has 1 saturated heterocycles. The Morgan fingerprint density at radius 1 is 0.979 bits per heavy atom. The number of fused-ring (bicyclic) bond motifs is 1. The van der Waals surface area contributed by atoms with Crippen LogP contribution in [0, 0.1) is 5.92 Å². The summed E-state index contributed by atoms with van der Waals surface area (Å²) in [6.07, 6.45) is -9.09. The molecular weight excluding hydrogens is 650 g/mol. The molecule has 5 rings (SSSR count). The largest absolute Gasteiger partial charge is 0.481 e. The minimum atomic E-state index is -5.04. The van der Waals surface area contributed by atoms with Crippen LogP contribution in [0.15, 0.2) is 36.5 Å². The lowest BCUT2D eigenvalue weighted by molar-refractivity contribution is -0.144. The van der Waals surface area contributed by atoms with E-state index in [0.29, 0.717) is 35.6 Å². The van der Waals surface area contributed by atoms with Gasteiger partial charge < -0.3 is 25.2 Å². The number of benzene rings is 1. The van der Waals surface area contributed by atoms with E-state index in [4.69, 9.17) is 4.74 Å². The summed E-state index contributed by atoms with van der Waals surface area (Å²) in [4.78, 5) is 40.1. The normalized spacial score (nSPS) is 18.8. The first kappa shape index (κ1) is 34.5. The number of alkyl halides is 6. The molecule has 1 amide bonds. The number of ether oxygens (including phenoxy) is 1. The lowest BCUT2D eigenvalue weighted by Gasteiger charge is -2.38. The molecule has 258 valence electrons. The molecule has 0 saturated carbocycles. The van der Waals surface area contributed by atoms with Crippen LogP contribution in [-0.2, 0) is 23.6 Å². The van der Waals surface area contributed by atoms with Crippen LogP contribution in [0.2, 0.25) is 0 Å². The average molecular weight is 683 g/mol.